The molecule has 4 bridgehead atoms. The van der Waals surface area contributed by atoms with Gasteiger partial charge in [0, 0.05) is 82.9 Å². The fourth-order valence-electron chi connectivity index (χ4n) is 12.3. The van der Waals surface area contributed by atoms with Crippen molar-refractivity contribution in [3.8, 4) is 0 Å². The molecule has 5 atom stereocenters. The van der Waals surface area contributed by atoms with Gasteiger partial charge in [-0.2, -0.15) is 0 Å². The minimum atomic E-state index is 0.300. The third kappa shape index (κ3) is 9.80. The lowest BCUT2D eigenvalue weighted by atomic mass is 9.67. The van der Waals surface area contributed by atoms with Gasteiger partial charge in [0.05, 0.1) is 36.2 Å². The second-order valence-corrected chi connectivity index (χ2v) is 21.3. The fraction of sp³-hybridized carbons (Fsp3) is 0.812. The molecular formula is C48H78N10O. The first-order valence-electron chi connectivity index (χ1n) is 24.1. The van der Waals surface area contributed by atoms with Gasteiger partial charge < -0.3 is 24.5 Å². The number of carbonyl (C=O) groups is 1. The van der Waals surface area contributed by atoms with E-state index in [0.717, 1.165) is 100 Å². The lowest BCUT2D eigenvalue weighted by molar-refractivity contribution is -0.131. The van der Waals surface area contributed by atoms with Crippen LogP contribution < -0.4 is 19.6 Å². The number of nitrogens with zero attached hydrogens (tertiary/aromatic N) is 10. The number of anilines is 4. The van der Waals surface area contributed by atoms with Crippen molar-refractivity contribution in [2.45, 2.75) is 156 Å². The van der Waals surface area contributed by atoms with E-state index < -0.39 is 0 Å². The molecule has 0 aromatic carbocycles. The molecule has 5 unspecified atom stereocenters. The predicted molar refractivity (Wildman–Crippen MR) is 241 cm³/mol. The number of hydrogen-bond donors (Lipinski definition) is 0. The Hall–Kier alpha value is -3.21. The molecule has 6 aliphatic rings. The monoisotopic (exact) mass is 811 g/mol. The highest BCUT2D eigenvalue weighted by Crippen LogP contribution is 2.49. The largest absolute Gasteiger partial charge is 0.366 e. The van der Waals surface area contributed by atoms with Gasteiger partial charge in [-0.1, -0.05) is 48.5 Å². The second-order valence-electron chi connectivity index (χ2n) is 21.3. The van der Waals surface area contributed by atoms with Crippen LogP contribution >= 0.6 is 0 Å². The zero-order valence-electron chi connectivity index (χ0n) is 37.9. The Balaban J connectivity index is 0.739. The number of aromatic nitrogens is 4. The molecule has 11 heteroatoms. The van der Waals surface area contributed by atoms with Crippen molar-refractivity contribution in [2.75, 3.05) is 78.5 Å². The number of amides is 1. The average molecular weight is 811 g/mol. The standard InChI is InChI=1S/C48H78N10O/c1-34(2)10-15-45(59)56-23-21-55(22-24-56)44-32-51-47(52-33-44)58-41-13-14-42(58)28-38(27-41)48(6,7)29-36(5)9-8-16-53-17-19-54(20-18-53)43-30-49-46(50-31-43)57-39-11-12-40(57)26-37(25-39)35(3)4/h30-42H,8-29H2,1-7H3. The molecule has 8 rings (SSSR count). The van der Waals surface area contributed by atoms with Crippen LogP contribution in [-0.2, 0) is 4.79 Å². The lowest BCUT2D eigenvalue weighted by Crippen LogP contribution is -2.49. The van der Waals surface area contributed by atoms with E-state index in [-0.39, 0.29) is 0 Å². The summed E-state index contributed by atoms with van der Waals surface area (Å²) in [6.07, 6.45) is 24.0. The maximum atomic E-state index is 12.6. The molecule has 2 aromatic heterocycles. The summed E-state index contributed by atoms with van der Waals surface area (Å²) in [7, 11) is 0. The van der Waals surface area contributed by atoms with Gasteiger partial charge in [-0.05, 0) is 119 Å². The molecule has 2 aromatic rings. The van der Waals surface area contributed by atoms with E-state index in [2.05, 4.69) is 85.4 Å². The smallest absolute Gasteiger partial charge is 0.225 e. The van der Waals surface area contributed by atoms with Crippen molar-refractivity contribution in [3.63, 3.8) is 0 Å². The van der Waals surface area contributed by atoms with Crippen molar-refractivity contribution in [3.05, 3.63) is 24.8 Å². The summed E-state index contributed by atoms with van der Waals surface area (Å²) in [5.74, 6) is 5.85. The van der Waals surface area contributed by atoms with E-state index in [1.807, 2.05) is 17.3 Å². The summed E-state index contributed by atoms with van der Waals surface area (Å²) in [5, 5.41) is 0. The van der Waals surface area contributed by atoms with Crippen molar-refractivity contribution >= 4 is 29.2 Å². The molecule has 0 spiro atoms. The molecular weight excluding hydrogens is 733 g/mol. The number of hydrogen-bond acceptors (Lipinski definition) is 10. The fourth-order valence-corrected chi connectivity index (χ4v) is 12.3. The predicted octanol–water partition coefficient (Wildman–Crippen LogP) is 8.16. The molecule has 326 valence electrons. The Morgan fingerprint density at radius 2 is 1.14 bits per heavy atom. The van der Waals surface area contributed by atoms with E-state index in [1.54, 1.807) is 0 Å². The van der Waals surface area contributed by atoms with E-state index in [1.165, 1.54) is 82.9 Å². The van der Waals surface area contributed by atoms with Crippen LogP contribution in [-0.4, -0.2) is 119 Å². The normalized spacial score (nSPS) is 28.3. The minimum absolute atomic E-state index is 0.300. The first-order chi connectivity index (χ1) is 28.4. The Labute approximate surface area is 357 Å². The molecule has 0 aliphatic carbocycles. The third-order valence-corrected chi connectivity index (χ3v) is 16.0. The molecule has 6 aliphatic heterocycles. The van der Waals surface area contributed by atoms with Crippen LogP contribution in [0.5, 0.6) is 0 Å². The Kier molecular flexibility index (Phi) is 13.3. The number of piperidine rings is 2. The maximum absolute atomic E-state index is 12.6. The summed E-state index contributed by atoms with van der Waals surface area (Å²) >= 11 is 0. The molecule has 0 radical (unpaired) electrons. The van der Waals surface area contributed by atoms with Crippen LogP contribution in [0.4, 0.5) is 23.3 Å². The van der Waals surface area contributed by atoms with E-state index in [4.69, 9.17) is 19.9 Å². The SMILES string of the molecule is CC(C)CCC(=O)N1CCN(c2cnc(N3C4CCC3CC(C(C)(C)CC(C)CCCN3CCN(c5cnc(N6C7CCC6CC(C(C)C)C7)nc5)CC3)C4)nc2)CC1. The van der Waals surface area contributed by atoms with E-state index in [0.29, 0.717) is 47.8 Å². The van der Waals surface area contributed by atoms with Gasteiger partial charge in [0.15, 0.2) is 0 Å². The molecule has 0 saturated carbocycles. The molecule has 6 fully saturated rings. The first kappa shape index (κ1) is 42.5. The highest BCUT2D eigenvalue weighted by Gasteiger charge is 2.47. The number of piperazine rings is 2. The first-order valence-corrected chi connectivity index (χ1v) is 24.1. The second kappa shape index (κ2) is 18.4. The lowest BCUT2D eigenvalue weighted by Gasteiger charge is -2.46. The summed E-state index contributed by atoms with van der Waals surface area (Å²) in [4.78, 5) is 47.1. The Bertz CT molecular complexity index is 1620. The highest BCUT2D eigenvalue weighted by molar-refractivity contribution is 5.76. The summed E-state index contributed by atoms with van der Waals surface area (Å²) in [6.45, 7) is 25.6. The Morgan fingerprint density at radius 3 is 1.61 bits per heavy atom. The number of carbonyl (C=O) groups excluding carboxylic acids is 1. The van der Waals surface area contributed by atoms with Gasteiger partial charge in [-0.3, -0.25) is 9.69 Å². The third-order valence-electron chi connectivity index (χ3n) is 16.0. The van der Waals surface area contributed by atoms with E-state index in [9.17, 15) is 4.79 Å². The van der Waals surface area contributed by atoms with Crippen molar-refractivity contribution in [2.24, 2.45) is 35.0 Å². The summed E-state index contributed by atoms with van der Waals surface area (Å²) in [6, 6.07) is 2.35. The molecule has 1 amide bonds. The zero-order chi connectivity index (χ0) is 41.3. The molecule has 11 nitrogen and oxygen atoms in total. The van der Waals surface area contributed by atoms with Gasteiger partial charge >= 0.3 is 0 Å². The van der Waals surface area contributed by atoms with Crippen LogP contribution in [0.3, 0.4) is 0 Å². The van der Waals surface area contributed by atoms with Gasteiger partial charge in [0.25, 0.3) is 0 Å². The van der Waals surface area contributed by atoms with Crippen LogP contribution in [0.15, 0.2) is 24.8 Å². The van der Waals surface area contributed by atoms with E-state index >= 15 is 0 Å². The number of rotatable bonds is 15. The Morgan fingerprint density at radius 1 is 0.661 bits per heavy atom. The molecule has 6 saturated heterocycles. The van der Waals surface area contributed by atoms with Gasteiger partial charge in [-0.15, -0.1) is 0 Å². The molecule has 59 heavy (non-hydrogen) atoms. The quantitative estimate of drug-likeness (QED) is 0.176. The number of fused-ring (bicyclic) bond motifs is 4. The highest BCUT2D eigenvalue weighted by atomic mass is 16.2. The van der Waals surface area contributed by atoms with Crippen molar-refractivity contribution < 1.29 is 4.79 Å². The molecule has 8 heterocycles. The van der Waals surface area contributed by atoms with Crippen LogP contribution in [0.25, 0.3) is 0 Å². The van der Waals surface area contributed by atoms with Gasteiger partial charge in [0.2, 0.25) is 17.8 Å². The topological polar surface area (TPSA) is 88.1 Å². The van der Waals surface area contributed by atoms with Crippen LogP contribution in [0, 0.1) is 35.0 Å². The summed E-state index contributed by atoms with van der Waals surface area (Å²) < 4.78 is 0. The maximum Gasteiger partial charge on any atom is 0.225 e. The summed E-state index contributed by atoms with van der Waals surface area (Å²) in [5.41, 5.74) is 2.60. The van der Waals surface area contributed by atoms with Gasteiger partial charge in [-0.25, -0.2) is 19.9 Å². The minimum Gasteiger partial charge on any atom is -0.366 e. The van der Waals surface area contributed by atoms with Crippen molar-refractivity contribution in [1.82, 2.24) is 29.7 Å². The van der Waals surface area contributed by atoms with Crippen LogP contribution in [0.2, 0.25) is 0 Å². The zero-order valence-corrected chi connectivity index (χ0v) is 37.9. The average Bonchev–Trinajstić information content (AvgIpc) is 3.65. The van der Waals surface area contributed by atoms with Gasteiger partial charge in [0.1, 0.15) is 0 Å². The van der Waals surface area contributed by atoms with Crippen LogP contribution in [0.1, 0.15) is 132 Å². The van der Waals surface area contributed by atoms with Crippen molar-refractivity contribution in [1.29, 1.82) is 0 Å². The molecule has 0 N–H and O–H groups in total.